The van der Waals surface area contributed by atoms with Gasteiger partial charge in [-0.3, -0.25) is 9.52 Å². The van der Waals surface area contributed by atoms with Crippen molar-refractivity contribution in [1.29, 1.82) is 0 Å². The van der Waals surface area contributed by atoms with Crippen LogP contribution in [0.5, 0.6) is 0 Å². The Bertz CT molecular complexity index is 875. The van der Waals surface area contributed by atoms with Crippen molar-refractivity contribution < 1.29 is 9.90 Å². The quantitative estimate of drug-likeness (QED) is 0.454. The van der Waals surface area contributed by atoms with Gasteiger partial charge in [-0.25, -0.2) is 4.99 Å². The average Bonchev–Trinajstić information content (AvgIpc) is 3.34. The molecule has 5 rings (SSSR count). The Balaban J connectivity index is 1.50. The van der Waals surface area contributed by atoms with Crippen LogP contribution >= 0.6 is 35.2 Å². The maximum atomic E-state index is 12.7. The molecular formula is C17H18N4O2S3. The fraction of sp³-hybridized carbons (Fsp3) is 0.412. The number of nitrogens with zero attached hydrogens (tertiary/aromatic N) is 1. The third kappa shape index (κ3) is 2.45. The summed E-state index contributed by atoms with van der Waals surface area (Å²) in [5.41, 5.74) is 1.48. The number of fused-ring (bicyclic) bond motifs is 6. The molecule has 6 nitrogen and oxygen atoms in total. The number of amides is 1. The van der Waals surface area contributed by atoms with E-state index in [1.165, 1.54) is 17.5 Å². The number of nitrogens with one attached hydrogen (secondary N) is 3. The van der Waals surface area contributed by atoms with Crippen LogP contribution < -0.4 is 14.8 Å². The van der Waals surface area contributed by atoms with E-state index in [0.717, 1.165) is 22.9 Å². The molecule has 9 heteroatoms. The zero-order valence-electron chi connectivity index (χ0n) is 14.0. The molecule has 4 aliphatic rings. The zero-order valence-corrected chi connectivity index (χ0v) is 16.4. The van der Waals surface area contributed by atoms with Crippen molar-refractivity contribution in [3.8, 4) is 0 Å². The lowest BCUT2D eigenvalue weighted by atomic mass is 9.82. The molecule has 1 aromatic heterocycles. The molecule has 1 saturated carbocycles. The molecule has 0 spiro atoms. The van der Waals surface area contributed by atoms with Crippen molar-refractivity contribution in [2.75, 3.05) is 6.26 Å². The van der Waals surface area contributed by atoms with Gasteiger partial charge >= 0.3 is 0 Å². The molecule has 2 aliphatic carbocycles. The van der Waals surface area contributed by atoms with Crippen LogP contribution in [0.2, 0.25) is 0 Å². The molecule has 0 saturated heterocycles. The van der Waals surface area contributed by atoms with Gasteiger partial charge in [0, 0.05) is 18.5 Å². The first-order chi connectivity index (χ1) is 12.7. The highest BCUT2D eigenvalue weighted by Gasteiger charge is 2.51. The van der Waals surface area contributed by atoms with Crippen molar-refractivity contribution in [1.82, 2.24) is 14.8 Å². The first-order valence-corrected chi connectivity index (χ1v) is 11.4. The summed E-state index contributed by atoms with van der Waals surface area (Å²) >= 11 is 4.60. The van der Waals surface area contributed by atoms with E-state index in [9.17, 15) is 9.90 Å². The third-order valence-electron chi connectivity index (χ3n) is 5.46. The summed E-state index contributed by atoms with van der Waals surface area (Å²) in [6.07, 6.45) is 7.33. The number of aliphatic hydroxyl groups excluding tert-OH is 1. The summed E-state index contributed by atoms with van der Waals surface area (Å²) in [5, 5.41) is 17.0. The molecule has 4 N–H and O–H groups in total. The summed E-state index contributed by atoms with van der Waals surface area (Å²) in [7, 11) is 0. The standard InChI is InChI=1S/C17H18N4O2S3/c1-24-18-5-9-6-25-17-14(9)26-21-15(20-17)11-13(22)10-7-2-3-8(4-7)12(10)19-16(11)23/h2-3,6-8,10,12,18,22H,4-5H2,1H3,(H,19,23)(H,20,21). The lowest BCUT2D eigenvalue weighted by Crippen LogP contribution is -2.50. The second-order valence-electron chi connectivity index (χ2n) is 6.82. The Labute approximate surface area is 163 Å². The van der Waals surface area contributed by atoms with Crippen LogP contribution in [-0.2, 0) is 11.3 Å². The van der Waals surface area contributed by atoms with E-state index in [1.54, 1.807) is 23.3 Å². The minimum absolute atomic E-state index is 0.0135. The zero-order chi connectivity index (χ0) is 17.8. The minimum Gasteiger partial charge on any atom is -0.511 e. The van der Waals surface area contributed by atoms with Gasteiger partial charge in [-0.15, -0.1) is 11.3 Å². The number of amidine groups is 1. The Morgan fingerprint density at radius 1 is 1.42 bits per heavy atom. The van der Waals surface area contributed by atoms with E-state index in [4.69, 9.17) is 0 Å². The van der Waals surface area contributed by atoms with Crippen molar-refractivity contribution in [3.63, 3.8) is 0 Å². The molecule has 1 fully saturated rings. The molecule has 26 heavy (non-hydrogen) atoms. The van der Waals surface area contributed by atoms with Crippen LogP contribution in [0.4, 0.5) is 5.00 Å². The largest absolute Gasteiger partial charge is 0.511 e. The second kappa shape index (κ2) is 6.33. The Morgan fingerprint density at radius 3 is 3.12 bits per heavy atom. The maximum absolute atomic E-state index is 12.7. The highest BCUT2D eigenvalue weighted by atomic mass is 32.2. The van der Waals surface area contributed by atoms with Gasteiger partial charge in [0.2, 0.25) is 0 Å². The molecule has 4 atom stereocenters. The molecule has 2 bridgehead atoms. The topological polar surface area (TPSA) is 85.8 Å². The molecule has 0 radical (unpaired) electrons. The van der Waals surface area contributed by atoms with Crippen LogP contribution in [0.25, 0.3) is 0 Å². The minimum atomic E-state index is -0.235. The van der Waals surface area contributed by atoms with Crippen LogP contribution in [0.3, 0.4) is 0 Å². The third-order valence-corrected chi connectivity index (χ3v) is 7.90. The van der Waals surface area contributed by atoms with Gasteiger partial charge in [0.25, 0.3) is 5.91 Å². The lowest BCUT2D eigenvalue weighted by Gasteiger charge is -2.34. The van der Waals surface area contributed by atoms with Gasteiger partial charge in [-0.05, 0) is 47.4 Å². The smallest absolute Gasteiger partial charge is 0.258 e. The normalized spacial score (nSPS) is 31.4. The molecule has 136 valence electrons. The highest BCUT2D eigenvalue weighted by Crippen LogP contribution is 2.49. The van der Waals surface area contributed by atoms with Crippen LogP contribution in [0.1, 0.15) is 12.0 Å². The molecule has 1 amide bonds. The van der Waals surface area contributed by atoms with Gasteiger partial charge in [-0.1, -0.05) is 24.1 Å². The average molecular weight is 407 g/mol. The van der Waals surface area contributed by atoms with E-state index in [1.807, 2.05) is 6.26 Å². The fourth-order valence-corrected chi connectivity index (χ4v) is 6.51. The molecular weight excluding hydrogens is 388 g/mol. The number of aliphatic imine (C=N–C) groups is 1. The number of allylic oxidation sites excluding steroid dienone is 1. The van der Waals surface area contributed by atoms with Crippen molar-refractivity contribution in [3.05, 3.63) is 34.4 Å². The van der Waals surface area contributed by atoms with Gasteiger partial charge in [0.05, 0.1) is 4.90 Å². The molecule has 2 aliphatic heterocycles. The number of thiophene rings is 1. The van der Waals surface area contributed by atoms with E-state index < -0.39 is 0 Å². The highest BCUT2D eigenvalue weighted by molar-refractivity contribution is 7.98. The van der Waals surface area contributed by atoms with Crippen LogP contribution in [-0.4, -0.2) is 29.1 Å². The second-order valence-corrected chi connectivity index (χ2v) is 9.19. The molecule has 1 aromatic rings. The number of carbonyl (C=O) groups excluding carboxylic acids is 1. The van der Waals surface area contributed by atoms with Gasteiger partial charge < -0.3 is 15.1 Å². The van der Waals surface area contributed by atoms with Crippen LogP contribution in [0.15, 0.2) is 38.8 Å². The summed E-state index contributed by atoms with van der Waals surface area (Å²) in [4.78, 5) is 18.4. The van der Waals surface area contributed by atoms with Crippen molar-refractivity contribution in [2.45, 2.75) is 23.9 Å². The SMILES string of the molecule is CSNCc1csc2c1SNC(C1=C(O)C3C4C=CC(C4)C3NC1=O)=N2. The summed E-state index contributed by atoms with van der Waals surface area (Å²) in [5.74, 6) is 1.02. The van der Waals surface area contributed by atoms with E-state index >= 15 is 0 Å². The number of rotatable bonds is 4. The van der Waals surface area contributed by atoms with E-state index in [-0.39, 0.29) is 23.6 Å². The maximum Gasteiger partial charge on any atom is 0.258 e. The Hall–Kier alpha value is -1.42. The number of hydrogen-bond donors (Lipinski definition) is 4. The molecule has 3 heterocycles. The Kier molecular flexibility index (Phi) is 4.07. The molecule has 4 unspecified atom stereocenters. The number of aliphatic hydroxyl groups is 1. The first kappa shape index (κ1) is 16.7. The summed E-state index contributed by atoms with van der Waals surface area (Å²) in [6, 6.07) is 0.0135. The van der Waals surface area contributed by atoms with Gasteiger partial charge in [0.15, 0.2) is 5.84 Å². The summed E-state index contributed by atoms with van der Waals surface area (Å²) < 4.78 is 6.42. The number of hydrogen-bond acceptors (Lipinski definition) is 8. The van der Waals surface area contributed by atoms with E-state index in [0.29, 0.717) is 23.2 Å². The summed E-state index contributed by atoms with van der Waals surface area (Å²) in [6.45, 7) is 0.764. The monoisotopic (exact) mass is 406 g/mol. The first-order valence-electron chi connectivity index (χ1n) is 8.48. The van der Waals surface area contributed by atoms with Crippen molar-refractivity contribution in [2.24, 2.45) is 22.7 Å². The number of carbonyl (C=O) groups is 1. The van der Waals surface area contributed by atoms with Gasteiger partial charge in [-0.2, -0.15) is 0 Å². The Morgan fingerprint density at radius 2 is 2.27 bits per heavy atom. The van der Waals surface area contributed by atoms with E-state index in [2.05, 4.69) is 37.3 Å². The van der Waals surface area contributed by atoms with Crippen LogP contribution in [0, 0.1) is 17.8 Å². The fourth-order valence-electron chi connectivity index (χ4n) is 4.29. The lowest BCUT2D eigenvalue weighted by molar-refractivity contribution is -0.119. The van der Waals surface area contributed by atoms with Crippen molar-refractivity contribution >= 4 is 52.0 Å². The molecule has 0 aromatic carbocycles. The van der Waals surface area contributed by atoms with Gasteiger partial charge in [0.1, 0.15) is 16.3 Å². The predicted molar refractivity (Wildman–Crippen MR) is 107 cm³/mol. The predicted octanol–water partition coefficient (Wildman–Crippen LogP) is 2.89.